The molecule has 0 bridgehead atoms. The van der Waals surface area contributed by atoms with E-state index in [-0.39, 0.29) is 11.4 Å². The van der Waals surface area contributed by atoms with Crippen LogP contribution in [-0.4, -0.2) is 15.0 Å². The Hall–Kier alpha value is -1.65. The van der Waals surface area contributed by atoms with Crippen molar-refractivity contribution in [2.24, 2.45) is 0 Å². The van der Waals surface area contributed by atoms with Crippen molar-refractivity contribution in [1.82, 2.24) is 4.72 Å². The predicted octanol–water partition coefficient (Wildman–Crippen LogP) is 3.04. The van der Waals surface area contributed by atoms with Gasteiger partial charge in [0, 0.05) is 6.54 Å². The number of rotatable bonds is 6. The monoisotopic (exact) mass is 277 g/mol. The van der Waals surface area contributed by atoms with Gasteiger partial charge in [-0.2, -0.15) is 0 Å². The van der Waals surface area contributed by atoms with Crippen LogP contribution in [0.25, 0.3) is 0 Å². The van der Waals surface area contributed by atoms with E-state index in [1.165, 1.54) is 0 Å². The van der Waals surface area contributed by atoms with Gasteiger partial charge in [-0.3, -0.25) is 0 Å². The quantitative estimate of drug-likeness (QED) is 0.812. The highest BCUT2D eigenvalue weighted by Gasteiger charge is 2.12. The Morgan fingerprint density at radius 1 is 1.16 bits per heavy atom. The van der Waals surface area contributed by atoms with Crippen LogP contribution >= 0.6 is 0 Å². The van der Waals surface area contributed by atoms with E-state index in [2.05, 4.69) is 4.72 Å². The highest BCUT2D eigenvalue weighted by Crippen LogP contribution is 2.07. The van der Waals surface area contributed by atoms with Gasteiger partial charge in [-0.15, -0.1) is 0 Å². The molecule has 1 aromatic carbocycles. The molecule has 3 nitrogen and oxygen atoms in total. The van der Waals surface area contributed by atoms with Gasteiger partial charge in [-0.25, -0.2) is 13.1 Å². The van der Waals surface area contributed by atoms with Crippen LogP contribution in [0.3, 0.4) is 0 Å². The summed E-state index contributed by atoms with van der Waals surface area (Å²) in [5, 5.41) is 0. The van der Waals surface area contributed by atoms with Crippen molar-refractivity contribution in [1.29, 1.82) is 0 Å². The largest absolute Gasteiger partial charge is 0.240 e. The van der Waals surface area contributed by atoms with Crippen LogP contribution < -0.4 is 4.72 Å². The first-order valence-corrected chi connectivity index (χ1v) is 7.57. The van der Waals surface area contributed by atoms with E-state index in [0.29, 0.717) is 0 Å². The molecule has 19 heavy (non-hydrogen) atoms. The zero-order chi connectivity index (χ0) is 14.1. The third-order valence-electron chi connectivity index (χ3n) is 2.50. The van der Waals surface area contributed by atoms with E-state index in [0.717, 1.165) is 5.57 Å². The molecule has 0 aromatic heterocycles. The van der Waals surface area contributed by atoms with E-state index in [1.54, 1.807) is 30.3 Å². The van der Waals surface area contributed by atoms with Gasteiger partial charge < -0.3 is 0 Å². The number of hydrogen-bond acceptors (Lipinski definition) is 2. The summed E-state index contributed by atoms with van der Waals surface area (Å²) in [6.45, 7) is 4.09. The number of allylic oxidation sites excluding steroid dienone is 4. The molecule has 0 radical (unpaired) electrons. The lowest BCUT2D eigenvalue weighted by Gasteiger charge is -2.07. The maximum Gasteiger partial charge on any atom is 0.240 e. The standard InChI is InChI=1S/C15H19NO2S/c1-3-5-7-10-14(4-2)13-16-19(17,18)15-11-8-6-9-12-15/h3-12,16H,13H2,1-2H3/b5-3-,10-7-,14-4+. The minimum absolute atomic E-state index is 0.280. The van der Waals surface area contributed by atoms with Gasteiger partial charge >= 0.3 is 0 Å². The van der Waals surface area contributed by atoms with Gasteiger partial charge in [0.1, 0.15) is 0 Å². The second kappa shape index (κ2) is 7.71. The topological polar surface area (TPSA) is 46.2 Å². The zero-order valence-corrected chi connectivity index (χ0v) is 12.0. The molecule has 0 aliphatic rings. The number of hydrogen-bond donors (Lipinski definition) is 1. The predicted molar refractivity (Wildman–Crippen MR) is 79.3 cm³/mol. The molecule has 1 rings (SSSR count). The Balaban J connectivity index is 2.70. The maximum atomic E-state index is 12.0. The summed E-state index contributed by atoms with van der Waals surface area (Å²) in [4.78, 5) is 0.280. The second-order valence-corrected chi connectivity index (χ2v) is 5.65. The summed E-state index contributed by atoms with van der Waals surface area (Å²) < 4.78 is 26.6. The van der Waals surface area contributed by atoms with E-state index < -0.39 is 10.0 Å². The van der Waals surface area contributed by atoms with Crippen LogP contribution in [-0.2, 0) is 10.0 Å². The summed E-state index contributed by atoms with van der Waals surface area (Å²) in [5.41, 5.74) is 0.914. The molecule has 0 aliphatic heterocycles. The molecule has 0 heterocycles. The lowest BCUT2D eigenvalue weighted by atomic mass is 10.2. The van der Waals surface area contributed by atoms with Gasteiger partial charge in [0.15, 0.2) is 0 Å². The summed E-state index contributed by atoms with van der Waals surface area (Å²) in [6, 6.07) is 8.35. The second-order valence-electron chi connectivity index (χ2n) is 3.89. The summed E-state index contributed by atoms with van der Waals surface area (Å²) >= 11 is 0. The average molecular weight is 277 g/mol. The Bertz CT molecular complexity index is 569. The molecule has 0 unspecified atom stereocenters. The molecule has 1 aromatic rings. The van der Waals surface area contributed by atoms with E-state index >= 15 is 0 Å². The lowest BCUT2D eigenvalue weighted by Crippen LogP contribution is -2.25. The summed E-state index contributed by atoms with van der Waals surface area (Å²) in [5.74, 6) is 0. The van der Waals surface area contributed by atoms with Gasteiger partial charge in [-0.1, -0.05) is 48.6 Å². The van der Waals surface area contributed by atoms with Crippen LogP contribution in [0.4, 0.5) is 0 Å². The molecule has 0 amide bonds. The average Bonchev–Trinajstić information content (AvgIpc) is 2.43. The van der Waals surface area contributed by atoms with Gasteiger partial charge in [0.05, 0.1) is 4.90 Å². The summed E-state index contributed by atoms with van der Waals surface area (Å²) in [6.07, 6.45) is 9.46. The third kappa shape index (κ3) is 5.24. The van der Waals surface area contributed by atoms with Gasteiger partial charge in [0.2, 0.25) is 10.0 Å². The third-order valence-corrected chi connectivity index (χ3v) is 3.92. The summed E-state index contributed by atoms with van der Waals surface area (Å²) in [7, 11) is -3.44. The smallest absolute Gasteiger partial charge is 0.207 e. The van der Waals surface area contributed by atoms with Crippen molar-refractivity contribution >= 4 is 10.0 Å². The number of nitrogens with one attached hydrogen (secondary N) is 1. The van der Waals surface area contributed by atoms with Crippen molar-refractivity contribution < 1.29 is 8.42 Å². The minimum Gasteiger partial charge on any atom is -0.207 e. The molecule has 102 valence electrons. The van der Waals surface area contributed by atoms with Gasteiger partial charge in [0.25, 0.3) is 0 Å². The molecule has 0 aliphatic carbocycles. The Morgan fingerprint density at radius 3 is 2.42 bits per heavy atom. The fourth-order valence-electron chi connectivity index (χ4n) is 1.41. The molecule has 0 spiro atoms. The van der Waals surface area contributed by atoms with Crippen LogP contribution in [0, 0.1) is 0 Å². The SMILES string of the molecule is C\C=C/C=C\C(=C/C)CNS(=O)(=O)c1ccccc1. The molecular weight excluding hydrogens is 258 g/mol. The van der Waals surface area contributed by atoms with Crippen molar-refractivity contribution in [3.8, 4) is 0 Å². The molecule has 0 fully saturated rings. The van der Waals surface area contributed by atoms with Crippen molar-refractivity contribution in [3.63, 3.8) is 0 Å². The lowest BCUT2D eigenvalue weighted by molar-refractivity contribution is 0.585. The normalized spacial score (nSPS) is 13.5. The first kappa shape index (κ1) is 15.4. The molecule has 1 N–H and O–H groups in total. The van der Waals surface area contributed by atoms with E-state index in [9.17, 15) is 8.42 Å². The Kier molecular flexibility index (Phi) is 6.25. The zero-order valence-electron chi connectivity index (χ0n) is 11.2. The van der Waals surface area contributed by atoms with Crippen LogP contribution in [0.15, 0.2) is 71.2 Å². The van der Waals surface area contributed by atoms with E-state index in [1.807, 2.05) is 44.2 Å². The number of sulfonamides is 1. The molecule has 0 saturated carbocycles. The number of benzene rings is 1. The molecule has 0 atom stereocenters. The highest BCUT2D eigenvalue weighted by molar-refractivity contribution is 7.89. The molecule has 0 saturated heterocycles. The van der Waals surface area contributed by atoms with Crippen LogP contribution in [0.2, 0.25) is 0 Å². The fraction of sp³-hybridized carbons (Fsp3) is 0.200. The first-order valence-electron chi connectivity index (χ1n) is 6.09. The van der Waals surface area contributed by atoms with Crippen molar-refractivity contribution in [3.05, 3.63) is 66.3 Å². The van der Waals surface area contributed by atoms with Crippen LogP contribution in [0.5, 0.6) is 0 Å². The first-order chi connectivity index (χ1) is 9.10. The minimum atomic E-state index is -3.44. The van der Waals surface area contributed by atoms with Crippen molar-refractivity contribution in [2.75, 3.05) is 6.54 Å². The Morgan fingerprint density at radius 2 is 1.84 bits per heavy atom. The Labute approximate surface area is 115 Å². The molecule has 4 heteroatoms. The molecular formula is C15H19NO2S. The maximum absolute atomic E-state index is 12.0. The van der Waals surface area contributed by atoms with Gasteiger partial charge in [-0.05, 0) is 31.6 Å². The fourth-order valence-corrected chi connectivity index (χ4v) is 2.45. The highest BCUT2D eigenvalue weighted by atomic mass is 32.2. The van der Waals surface area contributed by atoms with Crippen molar-refractivity contribution in [2.45, 2.75) is 18.7 Å². The van der Waals surface area contributed by atoms with Crippen LogP contribution in [0.1, 0.15) is 13.8 Å². The van der Waals surface area contributed by atoms with E-state index in [4.69, 9.17) is 0 Å².